The molecule has 0 N–H and O–H groups in total. The highest BCUT2D eigenvalue weighted by atomic mass is 32.2. The largest absolute Gasteiger partial charge is 0.340 e. The lowest BCUT2D eigenvalue weighted by Crippen LogP contribution is -2.40. The number of thiophene rings is 1. The monoisotopic (exact) mass is 450 g/mol. The molecule has 1 aliphatic rings. The maximum atomic E-state index is 13.1. The van der Waals surface area contributed by atoms with Crippen molar-refractivity contribution >= 4 is 37.5 Å². The number of amides is 1. The van der Waals surface area contributed by atoms with Crippen LogP contribution < -0.4 is 5.56 Å². The van der Waals surface area contributed by atoms with Gasteiger partial charge in [0, 0.05) is 26.2 Å². The number of fused-ring (bicyclic) bond motifs is 1. The Hall–Kier alpha value is -2.63. The van der Waals surface area contributed by atoms with Crippen LogP contribution in [0.15, 0.2) is 51.7 Å². The molecular formula is C19H19FN4O4S2. The summed E-state index contributed by atoms with van der Waals surface area (Å²) in [6, 6.07) is 6.37. The molecule has 8 nitrogen and oxygen atoms in total. The van der Waals surface area contributed by atoms with Crippen molar-refractivity contribution in [3.63, 3.8) is 0 Å². The minimum absolute atomic E-state index is 0.0189. The molecule has 0 saturated carbocycles. The van der Waals surface area contributed by atoms with Gasteiger partial charge in [-0.2, -0.15) is 4.31 Å². The Labute approximate surface area is 176 Å². The third-order valence-electron chi connectivity index (χ3n) is 5.02. The van der Waals surface area contributed by atoms with Crippen LogP contribution in [0.4, 0.5) is 4.39 Å². The van der Waals surface area contributed by atoms with Crippen molar-refractivity contribution in [3.05, 3.63) is 58.2 Å². The molecule has 158 valence electrons. The number of sulfonamides is 1. The van der Waals surface area contributed by atoms with E-state index in [1.54, 1.807) is 16.3 Å². The van der Waals surface area contributed by atoms with Gasteiger partial charge < -0.3 is 4.90 Å². The molecule has 1 aliphatic heterocycles. The number of nitrogens with zero attached hydrogens (tertiary/aromatic N) is 4. The van der Waals surface area contributed by atoms with Gasteiger partial charge in [-0.1, -0.05) is 0 Å². The third kappa shape index (κ3) is 4.00. The highest BCUT2D eigenvalue weighted by Gasteiger charge is 2.28. The van der Waals surface area contributed by atoms with E-state index in [2.05, 4.69) is 4.98 Å². The number of rotatable bonds is 4. The van der Waals surface area contributed by atoms with Crippen LogP contribution in [0.25, 0.3) is 10.2 Å². The van der Waals surface area contributed by atoms with Crippen LogP contribution in [0.1, 0.15) is 6.42 Å². The first-order valence-electron chi connectivity index (χ1n) is 9.32. The first kappa shape index (κ1) is 20.6. The number of hydrogen-bond acceptors (Lipinski definition) is 6. The van der Waals surface area contributed by atoms with E-state index in [-0.39, 0.29) is 42.5 Å². The van der Waals surface area contributed by atoms with E-state index < -0.39 is 15.8 Å². The number of hydrogen-bond donors (Lipinski definition) is 0. The maximum absolute atomic E-state index is 13.1. The fraction of sp³-hybridized carbons (Fsp3) is 0.316. The minimum Gasteiger partial charge on any atom is -0.340 e. The standard InChI is InChI=1S/C19H19FN4O4S2/c20-14-2-4-15(5-3-14)30(27,28)24-8-1-7-22(9-10-24)17(25)12-23-13-21-18-16(19(23)26)6-11-29-18/h2-6,11,13H,1,7-10,12H2. The van der Waals surface area contributed by atoms with Gasteiger partial charge in [0.05, 0.1) is 16.6 Å². The second-order valence-electron chi connectivity index (χ2n) is 6.91. The van der Waals surface area contributed by atoms with Gasteiger partial charge in [0.25, 0.3) is 5.56 Å². The molecule has 0 atom stereocenters. The van der Waals surface area contributed by atoms with Crippen LogP contribution >= 0.6 is 11.3 Å². The maximum Gasteiger partial charge on any atom is 0.262 e. The molecule has 0 spiro atoms. The van der Waals surface area contributed by atoms with E-state index in [4.69, 9.17) is 0 Å². The molecule has 3 heterocycles. The van der Waals surface area contributed by atoms with Gasteiger partial charge in [-0.05, 0) is 42.1 Å². The average molecular weight is 451 g/mol. The quantitative estimate of drug-likeness (QED) is 0.601. The Balaban J connectivity index is 1.45. The summed E-state index contributed by atoms with van der Waals surface area (Å²) in [4.78, 5) is 31.6. The molecular weight excluding hydrogens is 431 g/mol. The molecule has 1 fully saturated rings. The summed E-state index contributed by atoms with van der Waals surface area (Å²) in [6.45, 7) is 0.829. The van der Waals surface area contributed by atoms with Crippen molar-refractivity contribution in [2.24, 2.45) is 0 Å². The van der Waals surface area contributed by atoms with Crippen molar-refractivity contribution in [1.29, 1.82) is 0 Å². The second-order valence-corrected chi connectivity index (χ2v) is 9.74. The van der Waals surface area contributed by atoms with E-state index in [1.807, 2.05) is 0 Å². The minimum atomic E-state index is -3.77. The van der Waals surface area contributed by atoms with Crippen LogP contribution in [-0.2, 0) is 21.4 Å². The highest BCUT2D eigenvalue weighted by Crippen LogP contribution is 2.18. The molecule has 30 heavy (non-hydrogen) atoms. The zero-order chi connectivity index (χ0) is 21.3. The Morgan fingerprint density at radius 1 is 1.10 bits per heavy atom. The molecule has 1 aromatic carbocycles. The molecule has 1 amide bonds. The zero-order valence-corrected chi connectivity index (χ0v) is 17.5. The topological polar surface area (TPSA) is 92.6 Å². The number of carbonyl (C=O) groups is 1. The van der Waals surface area contributed by atoms with Gasteiger partial charge in [0.1, 0.15) is 17.2 Å². The first-order valence-corrected chi connectivity index (χ1v) is 11.6. The Morgan fingerprint density at radius 3 is 2.63 bits per heavy atom. The first-order chi connectivity index (χ1) is 14.4. The summed E-state index contributed by atoms with van der Waals surface area (Å²) >= 11 is 1.36. The van der Waals surface area contributed by atoms with Crippen LogP contribution in [0.3, 0.4) is 0 Å². The fourth-order valence-electron chi connectivity index (χ4n) is 3.39. The molecule has 0 unspecified atom stereocenters. The van der Waals surface area contributed by atoms with E-state index in [9.17, 15) is 22.4 Å². The van der Waals surface area contributed by atoms with Gasteiger partial charge in [0.2, 0.25) is 15.9 Å². The summed E-state index contributed by atoms with van der Waals surface area (Å²) in [5, 5.41) is 2.25. The highest BCUT2D eigenvalue weighted by molar-refractivity contribution is 7.89. The summed E-state index contributed by atoms with van der Waals surface area (Å²) in [5.41, 5.74) is -0.273. The fourth-order valence-corrected chi connectivity index (χ4v) is 5.58. The predicted octanol–water partition coefficient (Wildman–Crippen LogP) is 1.52. The van der Waals surface area contributed by atoms with Crippen LogP contribution in [0, 0.1) is 5.82 Å². The van der Waals surface area contributed by atoms with E-state index in [0.717, 1.165) is 12.1 Å². The molecule has 1 saturated heterocycles. The summed E-state index contributed by atoms with van der Waals surface area (Å²) in [6.07, 6.45) is 1.82. The molecule has 0 radical (unpaired) electrons. The Bertz CT molecular complexity index is 1240. The predicted molar refractivity (Wildman–Crippen MR) is 110 cm³/mol. The van der Waals surface area contributed by atoms with Crippen LogP contribution in [0.5, 0.6) is 0 Å². The lowest BCUT2D eigenvalue weighted by molar-refractivity contribution is -0.131. The molecule has 2 aromatic heterocycles. The average Bonchev–Trinajstić information content (AvgIpc) is 3.06. The normalized spacial score (nSPS) is 16.0. The molecule has 11 heteroatoms. The van der Waals surface area contributed by atoms with Crippen LogP contribution in [-0.4, -0.2) is 59.3 Å². The van der Waals surface area contributed by atoms with Gasteiger partial charge >= 0.3 is 0 Å². The molecule has 4 rings (SSSR count). The Kier molecular flexibility index (Phi) is 5.67. The van der Waals surface area contributed by atoms with Crippen molar-refractivity contribution in [1.82, 2.24) is 18.8 Å². The summed E-state index contributed by atoms with van der Waals surface area (Å²) < 4.78 is 41.3. The lowest BCUT2D eigenvalue weighted by atomic mass is 10.3. The van der Waals surface area contributed by atoms with Gasteiger partial charge in [-0.3, -0.25) is 14.2 Å². The number of aromatic nitrogens is 2. The third-order valence-corrected chi connectivity index (χ3v) is 7.75. The molecule has 3 aromatic rings. The summed E-state index contributed by atoms with van der Waals surface area (Å²) in [7, 11) is -3.77. The van der Waals surface area contributed by atoms with E-state index >= 15 is 0 Å². The zero-order valence-electron chi connectivity index (χ0n) is 15.9. The summed E-state index contributed by atoms with van der Waals surface area (Å²) in [5.74, 6) is -0.776. The van der Waals surface area contributed by atoms with Gasteiger partial charge in [0.15, 0.2) is 0 Å². The van der Waals surface area contributed by atoms with Crippen molar-refractivity contribution in [2.75, 3.05) is 26.2 Å². The second kappa shape index (κ2) is 8.25. The number of halogens is 1. The number of benzene rings is 1. The Morgan fingerprint density at radius 2 is 1.87 bits per heavy atom. The lowest BCUT2D eigenvalue weighted by Gasteiger charge is -2.22. The smallest absolute Gasteiger partial charge is 0.262 e. The van der Waals surface area contributed by atoms with E-state index in [1.165, 1.54) is 38.7 Å². The van der Waals surface area contributed by atoms with Gasteiger partial charge in [-0.15, -0.1) is 11.3 Å². The van der Waals surface area contributed by atoms with Crippen molar-refractivity contribution in [3.8, 4) is 0 Å². The van der Waals surface area contributed by atoms with Crippen molar-refractivity contribution in [2.45, 2.75) is 17.9 Å². The van der Waals surface area contributed by atoms with E-state index in [0.29, 0.717) is 23.2 Å². The van der Waals surface area contributed by atoms with Gasteiger partial charge in [-0.25, -0.2) is 17.8 Å². The molecule has 0 bridgehead atoms. The SMILES string of the molecule is O=C(Cn1cnc2sccc2c1=O)N1CCCN(S(=O)(=O)c2ccc(F)cc2)CC1. The number of carbonyl (C=O) groups excluding carboxylic acids is 1. The van der Waals surface area contributed by atoms with Crippen molar-refractivity contribution < 1.29 is 17.6 Å². The molecule has 0 aliphatic carbocycles. The van der Waals surface area contributed by atoms with Crippen LogP contribution in [0.2, 0.25) is 0 Å².